The van der Waals surface area contributed by atoms with Crippen molar-refractivity contribution < 1.29 is 9.53 Å². The van der Waals surface area contributed by atoms with Gasteiger partial charge in [0.2, 0.25) is 0 Å². The van der Waals surface area contributed by atoms with Gasteiger partial charge in [-0.05, 0) is 90.8 Å². The third-order valence-electron chi connectivity index (χ3n) is 5.64. The fraction of sp³-hybridized carbons (Fsp3) is 0.385. The number of benzene rings is 2. The summed E-state index contributed by atoms with van der Waals surface area (Å²) < 4.78 is 5.46. The second-order valence-corrected chi connectivity index (χ2v) is 8.14. The number of Topliss-reactive ketones (excluding diaryl/α,β-unsaturated/α-hetero) is 1. The van der Waals surface area contributed by atoms with Crippen LogP contribution in [0.2, 0.25) is 0 Å². The van der Waals surface area contributed by atoms with Crippen molar-refractivity contribution in [2.24, 2.45) is 22.7 Å². The largest absolute Gasteiger partial charge is 0.494 e. The van der Waals surface area contributed by atoms with E-state index in [0.717, 1.165) is 41.0 Å². The highest BCUT2D eigenvalue weighted by Gasteiger charge is 2.32. The monoisotopic (exact) mass is 389 g/mol. The lowest BCUT2D eigenvalue weighted by Crippen LogP contribution is -2.30. The summed E-state index contributed by atoms with van der Waals surface area (Å²) in [6.07, 6.45) is 6.02. The molecule has 0 saturated heterocycles. The van der Waals surface area contributed by atoms with Crippen molar-refractivity contribution in [1.82, 2.24) is 0 Å². The molecule has 3 rings (SSSR count). The molecule has 0 radical (unpaired) electrons. The van der Waals surface area contributed by atoms with E-state index in [9.17, 15) is 4.79 Å². The summed E-state index contributed by atoms with van der Waals surface area (Å²) >= 11 is 0. The molecule has 0 heterocycles. The van der Waals surface area contributed by atoms with Crippen LogP contribution in [-0.2, 0) is 4.79 Å². The van der Waals surface area contributed by atoms with E-state index in [1.807, 2.05) is 61.7 Å². The Morgan fingerprint density at radius 3 is 2.31 bits per heavy atom. The minimum atomic E-state index is 0.162. The number of aliphatic imine (C=N–C) groups is 1. The quantitative estimate of drug-likeness (QED) is 0.418. The predicted molar refractivity (Wildman–Crippen MR) is 121 cm³/mol. The van der Waals surface area contributed by atoms with Gasteiger partial charge in [0.25, 0.3) is 0 Å². The van der Waals surface area contributed by atoms with Crippen LogP contribution < -0.4 is 4.74 Å². The van der Waals surface area contributed by atoms with E-state index in [2.05, 4.69) is 31.8 Å². The molecule has 0 aromatic heterocycles. The Hall–Kier alpha value is -2.68. The smallest absolute Gasteiger partial charge is 0.162 e. The normalized spacial score (nSPS) is 21.3. The molecular weight excluding hydrogens is 358 g/mol. The van der Waals surface area contributed by atoms with E-state index < -0.39 is 0 Å². The third kappa shape index (κ3) is 5.44. The van der Waals surface area contributed by atoms with Gasteiger partial charge in [-0.2, -0.15) is 0 Å². The highest BCUT2D eigenvalue weighted by atomic mass is 16.5. The van der Waals surface area contributed by atoms with Crippen LogP contribution in [-0.4, -0.2) is 18.6 Å². The van der Waals surface area contributed by atoms with Crippen LogP contribution in [0.4, 0.5) is 5.69 Å². The van der Waals surface area contributed by atoms with Crippen LogP contribution in [0.25, 0.3) is 6.08 Å². The Morgan fingerprint density at radius 2 is 1.69 bits per heavy atom. The van der Waals surface area contributed by atoms with Gasteiger partial charge in [-0.3, -0.25) is 9.79 Å². The lowest BCUT2D eigenvalue weighted by Gasteiger charge is -2.30. The number of carbonyl (C=O) groups is 1. The van der Waals surface area contributed by atoms with E-state index in [0.29, 0.717) is 24.2 Å². The highest BCUT2D eigenvalue weighted by Crippen LogP contribution is 2.35. The van der Waals surface area contributed by atoms with Gasteiger partial charge in [-0.25, -0.2) is 0 Å². The van der Waals surface area contributed by atoms with Crippen LogP contribution in [0.3, 0.4) is 0 Å². The van der Waals surface area contributed by atoms with Gasteiger partial charge in [0.15, 0.2) is 5.78 Å². The zero-order chi connectivity index (χ0) is 20.8. The van der Waals surface area contributed by atoms with Gasteiger partial charge in [-0.15, -0.1) is 0 Å². The lowest BCUT2D eigenvalue weighted by molar-refractivity contribution is -0.122. The van der Waals surface area contributed by atoms with Crippen LogP contribution in [0.1, 0.15) is 51.7 Å². The van der Waals surface area contributed by atoms with Crippen molar-refractivity contribution in [2.45, 2.75) is 40.5 Å². The average molecular weight is 390 g/mol. The van der Waals surface area contributed by atoms with Crippen molar-refractivity contribution in [3.63, 3.8) is 0 Å². The lowest BCUT2D eigenvalue weighted by atomic mass is 9.73. The first kappa shape index (κ1) is 21.0. The summed E-state index contributed by atoms with van der Waals surface area (Å²) in [5.74, 6) is 2.09. The minimum Gasteiger partial charge on any atom is -0.494 e. The van der Waals surface area contributed by atoms with Crippen molar-refractivity contribution in [3.05, 3.63) is 65.2 Å². The van der Waals surface area contributed by atoms with Gasteiger partial charge in [0.05, 0.1) is 12.3 Å². The zero-order valence-corrected chi connectivity index (χ0v) is 17.9. The van der Waals surface area contributed by atoms with E-state index in [1.165, 1.54) is 0 Å². The maximum Gasteiger partial charge on any atom is 0.162 e. The number of ether oxygens (including phenoxy) is 1. The number of allylic oxidation sites excluding steroid dienone is 1. The SMILES string of the molecule is CCOc1ccc(C=Nc2ccc(C=C3C(=O)[C@@H](C(C)C)CC[C@@H]3C)cc2)cc1. The Balaban J connectivity index is 1.71. The molecule has 1 fully saturated rings. The second-order valence-electron chi connectivity index (χ2n) is 8.14. The number of rotatable bonds is 6. The van der Waals surface area contributed by atoms with E-state index in [-0.39, 0.29) is 5.92 Å². The number of hydrogen-bond donors (Lipinski definition) is 0. The molecule has 29 heavy (non-hydrogen) atoms. The molecule has 0 aliphatic heterocycles. The number of carbonyl (C=O) groups excluding carboxylic acids is 1. The molecule has 0 N–H and O–H groups in total. The summed E-state index contributed by atoms with van der Waals surface area (Å²) in [6, 6.07) is 16.0. The molecule has 1 aliphatic rings. The van der Waals surface area contributed by atoms with E-state index >= 15 is 0 Å². The molecule has 2 atom stereocenters. The van der Waals surface area contributed by atoms with Gasteiger partial charge in [-0.1, -0.05) is 32.9 Å². The summed E-state index contributed by atoms with van der Waals surface area (Å²) in [7, 11) is 0. The predicted octanol–water partition coefficient (Wildman–Crippen LogP) is 6.49. The fourth-order valence-corrected chi connectivity index (χ4v) is 3.82. The van der Waals surface area contributed by atoms with Crippen molar-refractivity contribution in [1.29, 1.82) is 0 Å². The average Bonchev–Trinajstić information content (AvgIpc) is 2.71. The molecule has 0 bridgehead atoms. The summed E-state index contributed by atoms with van der Waals surface area (Å²) in [5.41, 5.74) is 3.95. The molecule has 2 aromatic carbocycles. The maximum absolute atomic E-state index is 12.9. The Morgan fingerprint density at radius 1 is 1.03 bits per heavy atom. The topological polar surface area (TPSA) is 38.7 Å². The van der Waals surface area contributed by atoms with Crippen LogP contribution >= 0.6 is 0 Å². The van der Waals surface area contributed by atoms with Crippen LogP contribution in [0.15, 0.2) is 59.1 Å². The number of hydrogen-bond acceptors (Lipinski definition) is 3. The molecule has 1 saturated carbocycles. The Kier molecular flexibility index (Phi) is 7.03. The summed E-state index contributed by atoms with van der Waals surface area (Å²) in [4.78, 5) is 17.4. The first-order valence-electron chi connectivity index (χ1n) is 10.6. The van der Waals surface area contributed by atoms with Crippen LogP contribution in [0, 0.1) is 17.8 Å². The fourth-order valence-electron chi connectivity index (χ4n) is 3.82. The van der Waals surface area contributed by atoms with Crippen molar-refractivity contribution >= 4 is 23.8 Å². The second kappa shape index (κ2) is 9.69. The first-order valence-corrected chi connectivity index (χ1v) is 10.6. The summed E-state index contributed by atoms with van der Waals surface area (Å²) in [6.45, 7) is 9.09. The molecule has 0 spiro atoms. The molecule has 0 unspecified atom stereocenters. The van der Waals surface area contributed by atoms with Gasteiger partial charge < -0.3 is 4.74 Å². The minimum absolute atomic E-state index is 0.162. The van der Waals surface area contributed by atoms with Gasteiger partial charge >= 0.3 is 0 Å². The summed E-state index contributed by atoms with van der Waals surface area (Å²) in [5, 5.41) is 0. The van der Waals surface area contributed by atoms with Gasteiger partial charge in [0, 0.05) is 12.1 Å². The standard InChI is InChI=1S/C26H31NO2/c1-5-29-23-13-9-21(10-14-23)17-27-22-11-7-20(8-12-22)16-25-19(4)6-15-24(18(2)3)26(25)28/h7-14,16-19,24H,5-6,15H2,1-4H3/t19-,24+/m0/s1. The van der Waals surface area contributed by atoms with Gasteiger partial charge in [0.1, 0.15) is 5.75 Å². The molecule has 0 amide bonds. The molecule has 3 heteroatoms. The molecule has 3 nitrogen and oxygen atoms in total. The van der Waals surface area contributed by atoms with Crippen molar-refractivity contribution in [3.8, 4) is 5.75 Å². The number of nitrogens with zero attached hydrogens (tertiary/aromatic N) is 1. The third-order valence-corrected chi connectivity index (χ3v) is 5.64. The van der Waals surface area contributed by atoms with E-state index in [4.69, 9.17) is 4.74 Å². The maximum atomic E-state index is 12.9. The Labute approximate surface area is 174 Å². The highest BCUT2D eigenvalue weighted by molar-refractivity contribution is 6.02. The Bertz CT molecular complexity index is 876. The molecular formula is C26H31NO2. The molecule has 1 aliphatic carbocycles. The first-order chi connectivity index (χ1) is 14.0. The van der Waals surface area contributed by atoms with Crippen LogP contribution in [0.5, 0.6) is 5.75 Å². The zero-order valence-electron chi connectivity index (χ0n) is 17.9. The molecule has 2 aromatic rings. The van der Waals surface area contributed by atoms with E-state index in [1.54, 1.807) is 0 Å². The number of ketones is 1. The molecule has 152 valence electrons. The van der Waals surface area contributed by atoms with Crippen molar-refractivity contribution in [2.75, 3.05) is 6.61 Å².